The maximum Gasteiger partial charge on any atom is 0.339 e. The van der Waals surface area contributed by atoms with Gasteiger partial charge in [-0.3, -0.25) is 4.55 Å². The minimum atomic E-state index is -4.39. The number of hydrogen-bond acceptors (Lipinski definition) is 5. The molecule has 8 nitrogen and oxygen atoms in total. The molecule has 3 N–H and O–H groups in total. The molecule has 0 aromatic heterocycles. The molecule has 25 heavy (non-hydrogen) atoms. The Morgan fingerprint density at radius 3 is 2.00 bits per heavy atom. The van der Waals surface area contributed by atoms with Crippen LogP contribution >= 0.6 is 0 Å². The number of carboxylic acids is 2. The largest absolute Gasteiger partial charge is 0.478 e. The zero-order valence-electron chi connectivity index (χ0n) is 13.2. The van der Waals surface area contributed by atoms with Gasteiger partial charge < -0.3 is 14.9 Å². The number of ether oxygens (including phenoxy) is 1. The first-order valence-corrected chi connectivity index (χ1v) is 8.32. The summed E-state index contributed by atoms with van der Waals surface area (Å²) in [5.74, 6) is -3.06. The summed E-state index contributed by atoms with van der Waals surface area (Å²) < 4.78 is 36.4. The lowest BCUT2D eigenvalue weighted by molar-refractivity contribution is 0.0691. The highest BCUT2D eigenvalue weighted by Gasteiger charge is 2.25. The first-order valence-electron chi connectivity index (χ1n) is 6.88. The van der Waals surface area contributed by atoms with E-state index in [1.165, 1.54) is 25.1 Å². The molecule has 9 heteroatoms. The van der Waals surface area contributed by atoms with E-state index in [0.29, 0.717) is 11.1 Å². The Kier molecular flexibility index (Phi) is 4.82. The molecule has 0 unspecified atom stereocenters. The van der Waals surface area contributed by atoms with Gasteiger partial charge in [0.15, 0.2) is 5.75 Å². The fourth-order valence-corrected chi connectivity index (χ4v) is 2.69. The van der Waals surface area contributed by atoms with Crippen LogP contribution in [0.3, 0.4) is 0 Å². The highest BCUT2D eigenvalue weighted by molar-refractivity contribution is 7.85. The molecular weight excluding hydrogens is 352 g/mol. The van der Waals surface area contributed by atoms with Gasteiger partial charge in [0.25, 0.3) is 10.1 Å². The van der Waals surface area contributed by atoms with Gasteiger partial charge in [0.2, 0.25) is 0 Å². The van der Waals surface area contributed by atoms with Gasteiger partial charge in [-0.15, -0.1) is 0 Å². The SMILES string of the molecule is Cc1cc(C(=O)O)c(Oc2ccc(S(=O)(=O)O)cc2)c(C(=O)O)c1C. The van der Waals surface area contributed by atoms with Gasteiger partial charge in [-0.25, -0.2) is 9.59 Å². The summed E-state index contributed by atoms with van der Waals surface area (Å²) in [6.45, 7) is 3.11. The molecule has 0 spiro atoms. The van der Waals surface area contributed by atoms with Crippen molar-refractivity contribution in [2.75, 3.05) is 0 Å². The lowest BCUT2D eigenvalue weighted by Crippen LogP contribution is -2.10. The summed E-state index contributed by atoms with van der Waals surface area (Å²) in [5, 5.41) is 18.8. The number of carbonyl (C=O) groups is 2. The minimum absolute atomic E-state index is 0.0145. The molecule has 0 aliphatic heterocycles. The van der Waals surface area contributed by atoms with E-state index < -0.39 is 22.1 Å². The van der Waals surface area contributed by atoms with Crippen molar-refractivity contribution in [3.8, 4) is 11.5 Å². The lowest BCUT2D eigenvalue weighted by atomic mass is 9.98. The Labute approximate surface area is 143 Å². The van der Waals surface area contributed by atoms with Gasteiger partial charge in [-0.2, -0.15) is 8.42 Å². The average Bonchev–Trinajstić information content (AvgIpc) is 2.49. The van der Waals surface area contributed by atoms with Crippen molar-refractivity contribution in [1.29, 1.82) is 0 Å². The van der Waals surface area contributed by atoms with E-state index in [1.807, 2.05) is 0 Å². The zero-order chi connectivity index (χ0) is 18.9. The van der Waals surface area contributed by atoms with Gasteiger partial charge in [-0.1, -0.05) is 0 Å². The summed E-state index contributed by atoms with van der Waals surface area (Å²) in [4.78, 5) is 22.6. The number of aryl methyl sites for hydroxylation is 1. The number of carboxylic acid groups (broad SMARTS) is 2. The summed E-state index contributed by atoms with van der Waals surface area (Å²) in [5.41, 5.74) is 0.196. The molecule has 0 saturated heterocycles. The predicted octanol–water partition coefficient (Wildman–Crippen LogP) is 2.74. The van der Waals surface area contributed by atoms with Crippen molar-refractivity contribution in [3.05, 3.63) is 52.6 Å². The van der Waals surface area contributed by atoms with Crippen LogP contribution in [0.2, 0.25) is 0 Å². The van der Waals surface area contributed by atoms with Crippen LogP contribution in [0, 0.1) is 13.8 Å². The van der Waals surface area contributed by atoms with Crippen LogP contribution in [-0.2, 0) is 10.1 Å². The highest BCUT2D eigenvalue weighted by Crippen LogP contribution is 2.34. The maximum absolute atomic E-state index is 11.6. The highest BCUT2D eigenvalue weighted by atomic mass is 32.2. The average molecular weight is 366 g/mol. The second-order valence-corrected chi connectivity index (χ2v) is 6.65. The van der Waals surface area contributed by atoms with Gasteiger partial charge in [0.05, 0.1) is 4.90 Å². The predicted molar refractivity (Wildman–Crippen MR) is 86.2 cm³/mol. The van der Waals surface area contributed by atoms with Gasteiger partial charge >= 0.3 is 11.9 Å². The van der Waals surface area contributed by atoms with Crippen LogP contribution in [0.25, 0.3) is 0 Å². The topological polar surface area (TPSA) is 138 Å². The quantitative estimate of drug-likeness (QED) is 0.687. The molecule has 0 amide bonds. The molecule has 0 fully saturated rings. The van der Waals surface area contributed by atoms with E-state index in [1.54, 1.807) is 6.92 Å². The van der Waals surface area contributed by atoms with Crippen LogP contribution in [0.5, 0.6) is 11.5 Å². The van der Waals surface area contributed by atoms with E-state index in [2.05, 4.69) is 0 Å². The molecule has 2 aromatic rings. The first kappa shape index (κ1) is 18.4. The van der Waals surface area contributed by atoms with Crippen molar-refractivity contribution in [1.82, 2.24) is 0 Å². The minimum Gasteiger partial charge on any atom is -0.478 e. The van der Waals surface area contributed by atoms with Crippen molar-refractivity contribution >= 4 is 22.1 Å². The molecule has 0 bridgehead atoms. The van der Waals surface area contributed by atoms with Crippen LogP contribution in [0.1, 0.15) is 31.8 Å². The molecule has 0 atom stereocenters. The van der Waals surface area contributed by atoms with Crippen LogP contribution in [0.4, 0.5) is 0 Å². The second-order valence-electron chi connectivity index (χ2n) is 5.23. The van der Waals surface area contributed by atoms with Crippen molar-refractivity contribution in [2.24, 2.45) is 0 Å². The summed E-state index contributed by atoms with van der Waals surface area (Å²) in [7, 11) is -4.39. The molecule has 0 aliphatic rings. The number of rotatable bonds is 5. The molecule has 0 saturated carbocycles. The Bertz CT molecular complexity index is 959. The van der Waals surface area contributed by atoms with Crippen molar-refractivity contribution in [2.45, 2.75) is 18.7 Å². The number of benzene rings is 2. The normalized spacial score (nSPS) is 11.2. The van der Waals surface area contributed by atoms with Crippen molar-refractivity contribution < 1.29 is 37.5 Å². The van der Waals surface area contributed by atoms with Gasteiger partial charge in [0.1, 0.15) is 16.9 Å². The first-order chi connectivity index (χ1) is 11.5. The van der Waals surface area contributed by atoms with Crippen LogP contribution in [-0.4, -0.2) is 35.1 Å². The van der Waals surface area contributed by atoms with Crippen LogP contribution in [0.15, 0.2) is 35.2 Å². The Hall–Kier alpha value is -2.91. The standard InChI is InChI=1S/C16H14O8S/c1-8-7-12(15(17)18)14(13(9(8)2)16(19)20)24-10-3-5-11(6-4-10)25(21,22)23/h3-7H,1-2H3,(H,17,18)(H,19,20)(H,21,22,23). The molecule has 132 valence electrons. The smallest absolute Gasteiger partial charge is 0.339 e. The van der Waals surface area contributed by atoms with Gasteiger partial charge in [0, 0.05) is 0 Å². The lowest BCUT2D eigenvalue weighted by Gasteiger charge is -2.15. The van der Waals surface area contributed by atoms with E-state index in [9.17, 15) is 28.2 Å². The molecule has 0 radical (unpaired) electrons. The molecule has 2 aromatic carbocycles. The van der Waals surface area contributed by atoms with Crippen LogP contribution < -0.4 is 4.74 Å². The van der Waals surface area contributed by atoms with E-state index in [-0.39, 0.29) is 27.5 Å². The Morgan fingerprint density at radius 1 is 1.00 bits per heavy atom. The van der Waals surface area contributed by atoms with Gasteiger partial charge in [-0.05, 0) is 55.3 Å². The second kappa shape index (κ2) is 6.54. The number of aromatic carboxylic acids is 2. The maximum atomic E-state index is 11.6. The third kappa shape index (κ3) is 3.78. The van der Waals surface area contributed by atoms with E-state index >= 15 is 0 Å². The molecule has 0 heterocycles. The zero-order valence-corrected chi connectivity index (χ0v) is 14.0. The summed E-state index contributed by atoms with van der Waals surface area (Å²) in [6, 6.07) is 5.75. The third-order valence-electron chi connectivity index (χ3n) is 3.58. The van der Waals surface area contributed by atoms with E-state index in [4.69, 9.17) is 9.29 Å². The summed E-state index contributed by atoms with van der Waals surface area (Å²) in [6.07, 6.45) is 0. The third-order valence-corrected chi connectivity index (χ3v) is 4.45. The summed E-state index contributed by atoms with van der Waals surface area (Å²) >= 11 is 0. The molecule has 2 rings (SSSR count). The van der Waals surface area contributed by atoms with Crippen molar-refractivity contribution in [3.63, 3.8) is 0 Å². The number of hydrogen-bond donors (Lipinski definition) is 3. The fraction of sp³-hybridized carbons (Fsp3) is 0.125. The Balaban J connectivity index is 2.60. The van der Waals surface area contributed by atoms with E-state index in [0.717, 1.165) is 12.1 Å². The molecular formula is C16H14O8S. The molecule has 0 aliphatic carbocycles. The fourth-order valence-electron chi connectivity index (χ4n) is 2.21. The monoisotopic (exact) mass is 366 g/mol. The Morgan fingerprint density at radius 2 is 1.56 bits per heavy atom.